The highest BCUT2D eigenvalue weighted by Crippen LogP contribution is 2.19. The second kappa shape index (κ2) is 28.6. The van der Waals surface area contributed by atoms with Crippen LogP contribution in [0.15, 0.2) is 23.3 Å². The fraction of sp³-hybridized carbons (Fsp3) is 0.865. The molecule has 0 aromatic rings. The van der Waals surface area contributed by atoms with Gasteiger partial charge in [0.25, 0.3) is 0 Å². The second-order valence-electron chi connectivity index (χ2n) is 13.2. The van der Waals surface area contributed by atoms with Crippen molar-refractivity contribution in [2.45, 2.75) is 157 Å². The molecule has 5 nitrogen and oxygen atoms in total. The lowest BCUT2D eigenvalue weighted by Gasteiger charge is -2.20. The highest BCUT2D eigenvalue weighted by Gasteiger charge is 2.13. The Morgan fingerprint density at radius 3 is 1.95 bits per heavy atom. The lowest BCUT2D eigenvalue weighted by atomic mass is 9.96. The Morgan fingerprint density at radius 2 is 1.33 bits per heavy atom. The van der Waals surface area contributed by atoms with Crippen molar-refractivity contribution in [2.75, 3.05) is 39.5 Å². The van der Waals surface area contributed by atoms with Crippen LogP contribution in [0.3, 0.4) is 0 Å². The maximum atomic E-state index is 12.3. The number of rotatable bonds is 29. The smallest absolute Gasteiger partial charge is 0.305 e. The van der Waals surface area contributed by atoms with Crippen LogP contribution in [-0.2, 0) is 14.3 Å². The monoisotopic (exact) mass is 594 g/mol. The summed E-state index contributed by atoms with van der Waals surface area (Å²) in [7, 11) is 0. The summed E-state index contributed by atoms with van der Waals surface area (Å²) in [6, 6.07) is 0. The van der Waals surface area contributed by atoms with E-state index in [9.17, 15) is 9.90 Å². The van der Waals surface area contributed by atoms with Crippen LogP contribution in [0.25, 0.3) is 0 Å². The van der Waals surface area contributed by atoms with Crippen LogP contribution in [0.1, 0.15) is 151 Å². The molecular formula is C37H71NO4. The molecule has 0 saturated carbocycles. The summed E-state index contributed by atoms with van der Waals surface area (Å²) in [6.45, 7) is 19.9. The zero-order valence-corrected chi connectivity index (χ0v) is 29.1. The summed E-state index contributed by atoms with van der Waals surface area (Å²) in [6.07, 6.45) is 22.1. The minimum absolute atomic E-state index is 0.0633. The summed E-state index contributed by atoms with van der Waals surface area (Å²) in [5, 5.41) is 9.18. The molecule has 1 N–H and O–H groups in total. The Balaban J connectivity index is 4.33. The van der Waals surface area contributed by atoms with Gasteiger partial charge < -0.3 is 19.5 Å². The molecule has 0 fully saturated rings. The molecule has 0 spiro atoms. The van der Waals surface area contributed by atoms with E-state index < -0.39 is 0 Å². The number of aliphatic hydroxyl groups excluding tert-OH is 1. The van der Waals surface area contributed by atoms with Crippen molar-refractivity contribution in [2.24, 2.45) is 11.8 Å². The Labute approximate surface area is 261 Å². The molecule has 0 bridgehead atoms. The molecule has 3 unspecified atom stereocenters. The number of carbonyl (C=O) groups is 1. The molecule has 0 radical (unpaired) electrons. The quantitative estimate of drug-likeness (QED) is 0.0531. The van der Waals surface area contributed by atoms with Crippen LogP contribution in [-0.4, -0.2) is 61.5 Å². The van der Waals surface area contributed by atoms with Gasteiger partial charge in [-0.15, -0.1) is 0 Å². The van der Waals surface area contributed by atoms with Gasteiger partial charge in [0.2, 0.25) is 0 Å². The molecular weight excluding hydrogens is 522 g/mol. The summed E-state index contributed by atoms with van der Waals surface area (Å²) in [5.41, 5.74) is 2.80. The third-order valence-electron chi connectivity index (χ3n) is 8.13. The van der Waals surface area contributed by atoms with Crippen molar-refractivity contribution in [1.29, 1.82) is 0 Å². The fourth-order valence-corrected chi connectivity index (χ4v) is 5.35. The number of ether oxygens (including phenoxy) is 2. The van der Waals surface area contributed by atoms with E-state index in [0.29, 0.717) is 18.9 Å². The van der Waals surface area contributed by atoms with Gasteiger partial charge >= 0.3 is 5.97 Å². The molecule has 0 heterocycles. The van der Waals surface area contributed by atoms with Crippen molar-refractivity contribution in [3.63, 3.8) is 0 Å². The van der Waals surface area contributed by atoms with E-state index in [2.05, 4.69) is 65.5 Å². The van der Waals surface area contributed by atoms with Crippen molar-refractivity contribution >= 4 is 5.97 Å². The highest BCUT2D eigenvalue weighted by atomic mass is 16.5. The van der Waals surface area contributed by atoms with Crippen LogP contribution in [0.5, 0.6) is 0 Å². The number of hydrogen-bond donors (Lipinski definition) is 1. The normalized spacial score (nSPS) is 13.5. The second-order valence-corrected chi connectivity index (χ2v) is 13.2. The van der Waals surface area contributed by atoms with Gasteiger partial charge in [-0.1, -0.05) is 76.2 Å². The average molecular weight is 594 g/mol. The first kappa shape index (κ1) is 40.8. The number of carbonyl (C=O) groups excluding carboxylic acids is 1. The molecule has 3 atom stereocenters. The van der Waals surface area contributed by atoms with E-state index in [1.54, 1.807) is 0 Å². The first-order chi connectivity index (χ1) is 20.2. The van der Waals surface area contributed by atoms with Gasteiger partial charge in [0.1, 0.15) is 0 Å². The molecule has 5 heteroatoms. The molecule has 0 aliphatic carbocycles. The van der Waals surface area contributed by atoms with Crippen LogP contribution < -0.4 is 0 Å². The topological polar surface area (TPSA) is 59.0 Å². The van der Waals surface area contributed by atoms with Crippen LogP contribution in [0, 0.1) is 11.8 Å². The third-order valence-corrected chi connectivity index (χ3v) is 8.13. The molecule has 0 aromatic heterocycles. The summed E-state index contributed by atoms with van der Waals surface area (Å²) in [5.74, 6) is 1.32. The van der Waals surface area contributed by atoms with Crippen molar-refractivity contribution in [1.82, 2.24) is 4.90 Å². The Hall–Kier alpha value is -1.17. The number of unbranched alkanes of at least 4 members (excludes halogenated alkanes) is 4. The largest absolute Gasteiger partial charge is 0.466 e. The molecule has 0 aliphatic rings. The van der Waals surface area contributed by atoms with Crippen molar-refractivity contribution in [3.05, 3.63) is 23.3 Å². The molecule has 0 aliphatic heterocycles. The molecule has 0 aromatic carbocycles. The number of nitrogens with zero attached hydrogens (tertiary/aromatic N) is 1. The van der Waals surface area contributed by atoms with E-state index in [4.69, 9.17) is 9.47 Å². The summed E-state index contributed by atoms with van der Waals surface area (Å²) >= 11 is 0. The SMILES string of the molecule is CCCN(CCO)CCCCCCCC(=O)OCCC(CCCC(C)CCC=C(C)C)OCCC(C)CCC=C(C)C. The predicted octanol–water partition coefficient (Wildman–Crippen LogP) is 9.68. The lowest BCUT2D eigenvalue weighted by molar-refractivity contribution is -0.144. The molecule has 0 amide bonds. The highest BCUT2D eigenvalue weighted by molar-refractivity contribution is 5.69. The third kappa shape index (κ3) is 27.7. The Bertz CT molecular complexity index is 641. The van der Waals surface area contributed by atoms with Gasteiger partial charge in [-0.25, -0.2) is 0 Å². The van der Waals surface area contributed by atoms with Crippen LogP contribution in [0.2, 0.25) is 0 Å². The fourth-order valence-electron chi connectivity index (χ4n) is 5.35. The molecule has 0 saturated heterocycles. The van der Waals surface area contributed by atoms with Gasteiger partial charge in [0, 0.05) is 26.0 Å². The first-order valence-electron chi connectivity index (χ1n) is 17.5. The van der Waals surface area contributed by atoms with Crippen LogP contribution >= 0.6 is 0 Å². The predicted molar refractivity (Wildman–Crippen MR) is 181 cm³/mol. The van der Waals surface area contributed by atoms with E-state index in [0.717, 1.165) is 89.9 Å². The maximum Gasteiger partial charge on any atom is 0.305 e. The number of allylic oxidation sites excluding steroid dienone is 4. The van der Waals surface area contributed by atoms with Gasteiger partial charge in [0.05, 0.1) is 19.3 Å². The zero-order valence-electron chi connectivity index (χ0n) is 29.1. The van der Waals surface area contributed by atoms with E-state index in [1.165, 1.54) is 49.7 Å². The minimum Gasteiger partial charge on any atom is -0.466 e. The minimum atomic E-state index is -0.0633. The van der Waals surface area contributed by atoms with Gasteiger partial charge in [-0.3, -0.25) is 4.79 Å². The van der Waals surface area contributed by atoms with E-state index >= 15 is 0 Å². The summed E-state index contributed by atoms with van der Waals surface area (Å²) < 4.78 is 12.0. The number of aliphatic hydroxyl groups is 1. The molecule has 248 valence electrons. The average Bonchev–Trinajstić information content (AvgIpc) is 2.92. The van der Waals surface area contributed by atoms with Gasteiger partial charge in [-0.2, -0.15) is 0 Å². The number of hydrogen-bond acceptors (Lipinski definition) is 5. The van der Waals surface area contributed by atoms with Crippen LogP contribution in [0.4, 0.5) is 0 Å². The summed E-state index contributed by atoms with van der Waals surface area (Å²) in [4.78, 5) is 14.7. The standard InChI is InChI=1S/C37H71NO4/c1-8-26-38(28-29-39)27-13-11-9-10-12-23-37(40)42-31-25-36(22-16-21-34(6)19-14-17-32(2)3)41-30-24-35(7)20-15-18-33(4)5/h17-18,34-36,39H,8-16,19-31H2,1-7H3. The Morgan fingerprint density at radius 1 is 0.714 bits per heavy atom. The molecule has 42 heavy (non-hydrogen) atoms. The Kier molecular flexibility index (Phi) is 27.8. The van der Waals surface area contributed by atoms with Crippen molar-refractivity contribution < 1.29 is 19.4 Å². The van der Waals surface area contributed by atoms with E-state index in [1.807, 2.05) is 0 Å². The first-order valence-corrected chi connectivity index (χ1v) is 17.5. The lowest BCUT2D eigenvalue weighted by Crippen LogP contribution is -2.28. The van der Waals surface area contributed by atoms with Gasteiger partial charge in [-0.05, 0) is 110 Å². The van der Waals surface area contributed by atoms with Crippen molar-refractivity contribution in [3.8, 4) is 0 Å². The maximum absolute atomic E-state index is 12.3. The zero-order chi connectivity index (χ0) is 31.4. The van der Waals surface area contributed by atoms with E-state index in [-0.39, 0.29) is 18.7 Å². The molecule has 0 rings (SSSR count). The number of esters is 1. The van der Waals surface area contributed by atoms with Gasteiger partial charge in [0.15, 0.2) is 0 Å².